The highest BCUT2D eigenvalue weighted by Crippen LogP contribution is 2.38. The van der Waals surface area contributed by atoms with Gasteiger partial charge in [0.05, 0.1) is 22.6 Å². The second-order valence-corrected chi connectivity index (χ2v) is 7.85. The summed E-state index contributed by atoms with van der Waals surface area (Å²) >= 11 is 7.96. The van der Waals surface area contributed by atoms with Crippen molar-refractivity contribution < 1.29 is 17.9 Å². The van der Waals surface area contributed by atoms with Crippen LogP contribution in [-0.2, 0) is 6.18 Å². The lowest BCUT2D eigenvalue weighted by molar-refractivity contribution is -0.137. The molecule has 30 heavy (non-hydrogen) atoms. The molecule has 0 aliphatic rings. The van der Waals surface area contributed by atoms with Gasteiger partial charge in [0.15, 0.2) is 0 Å². The van der Waals surface area contributed by atoms with Gasteiger partial charge in [0.25, 0.3) is 0 Å². The monoisotopic (exact) mass is 468 g/mol. The summed E-state index contributed by atoms with van der Waals surface area (Å²) in [6.07, 6.45) is -0.486. The first-order valence-corrected chi connectivity index (χ1v) is 10.2. The first-order chi connectivity index (χ1) is 14.3. The molecule has 5 nitrogen and oxygen atoms in total. The Kier molecular flexibility index (Phi) is 6.87. The van der Waals surface area contributed by atoms with E-state index in [0.29, 0.717) is 16.1 Å². The molecule has 3 rings (SSSR count). The van der Waals surface area contributed by atoms with E-state index in [2.05, 4.69) is 20.7 Å². The Hall–Kier alpha value is -2.74. The minimum Gasteiger partial charge on any atom is -0.497 e. The van der Waals surface area contributed by atoms with E-state index in [1.54, 1.807) is 31.5 Å². The number of nitriles is 1. The van der Waals surface area contributed by atoms with Gasteiger partial charge in [-0.2, -0.15) is 22.8 Å². The van der Waals surface area contributed by atoms with Crippen LogP contribution >= 0.6 is 34.9 Å². The lowest BCUT2D eigenvalue weighted by Gasteiger charge is -2.08. The number of nitrogens with zero attached hydrogens (tertiary/aromatic N) is 3. The van der Waals surface area contributed by atoms with Crippen molar-refractivity contribution >= 4 is 46.7 Å². The molecule has 2 aromatic heterocycles. The summed E-state index contributed by atoms with van der Waals surface area (Å²) in [7, 11) is 1.58. The Bertz CT molecular complexity index is 1110. The van der Waals surface area contributed by atoms with Gasteiger partial charge in [-0.25, -0.2) is 4.98 Å². The van der Waals surface area contributed by atoms with E-state index in [4.69, 9.17) is 16.3 Å². The number of benzene rings is 1. The molecule has 0 spiro atoms. The molecule has 1 aromatic carbocycles. The van der Waals surface area contributed by atoms with Gasteiger partial charge in [-0.05, 0) is 59.7 Å². The summed E-state index contributed by atoms with van der Waals surface area (Å²) in [5.41, 5.74) is 0.171. The second kappa shape index (κ2) is 9.38. The molecule has 0 radical (unpaired) electrons. The molecule has 11 heteroatoms. The zero-order valence-corrected chi connectivity index (χ0v) is 17.6. The predicted molar refractivity (Wildman–Crippen MR) is 111 cm³/mol. The van der Waals surface area contributed by atoms with Crippen LogP contribution in [0.3, 0.4) is 0 Å². The molecule has 0 aliphatic carbocycles. The smallest absolute Gasteiger partial charge is 0.417 e. The molecule has 3 aromatic rings. The average Bonchev–Trinajstić information content (AvgIpc) is 3.10. The van der Waals surface area contributed by atoms with Crippen LogP contribution in [0, 0.1) is 11.3 Å². The van der Waals surface area contributed by atoms with Crippen LogP contribution in [0.1, 0.15) is 16.0 Å². The fourth-order valence-corrected chi connectivity index (χ4v) is 4.17. The van der Waals surface area contributed by atoms with Crippen molar-refractivity contribution in [3.63, 3.8) is 0 Å². The van der Waals surface area contributed by atoms with Gasteiger partial charge in [0.1, 0.15) is 27.4 Å². The van der Waals surface area contributed by atoms with E-state index >= 15 is 0 Å². The Morgan fingerprint density at radius 3 is 2.60 bits per heavy atom. The number of hydrogen-bond acceptors (Lipinski definition) is 7. The van der Waals surface area contributed by atoms with E-state index < -0.39 is 11.7 Å². The Labute approximate surface area is 183 Å². The maximum atomic E-state index is 12.7. The van der Waals surface area contributed by atoms with Gasteiger partial charge < -0.3 is 10.1 Å². The van der Waals surface area contributed by atoms with Crippen LogP contribution in [0.25, 0.3) is 6.08 Å². The number of anilines is 1. The molecular formula is C19H12ClF3N4OS2. The summed E-state index contributed by atoms with van der Waals surface area (Å²) in [6, 6.07) is 10.1. The van der Waals surface area contributed by atoms with E-state index in [9.17, 15) is 18.4 Å². The van der Waals surface area contributed by atoms with Gasteiger partial charge in [-0.15, -0.1) is 0 Å². The third kappa shape index (κ3) is 5.24. The number of rotatable bonds is 6. The average molecular weight is 469 g/mol. The molecular weight excluding hydrogens is 457 g/mol. The van der Waals surface area contributed by atoms with Crippen molar-refractivity contribution in [1.29, 1.82) is 5.26 Å². The van der Waals surface area contributed by atoms with Crippen molar-refractivity contribution in [2.45, 2.75) is 16.2 Å². The van der Waals surface area contributed by atoms with E-state index in [1.165, 1.54) is 0 Å². The van der Waals surface area contributed by atoms with Gasteiger partial charge in [-0.1, -0.05) is 11.6 Å². The highest BCUT2D eigenvalue weighted by molar-refractivity contribution is 7.99. The van der Waals surface area contributed by atoms with Gasteiger partial charge >= 0.3 is 6.18 Å². The predicted octanol–water partition coefficient (Wildman–Crippen LogP) is 6.32. The first-order valence-electron chi connectivity index (χ1n) is 8.19. The zero-order valence-electron chi connectivity index (χ0n) is 15.2. The summed E-state index contributed by atoms with van der Waals surface area (Å²) in [4.78, 5) is 4.35. The van der Waals surface area contributed by atoms with Crippen LogP contribution in [0.2, 0.25) is 5.02 Å². The number of pyridine rings is 1. The van der Waals surface area contributed by atoms with Crippen LogP contribution in [0.5, 0.6) is 5.75 Å². The Morgan fingerprint density at radius 1 is 1.27 bits per heavy atom. The van der Waals surface area contributed by atoms with Crippen molar-refractivity contribution in [1.82, 2.24) is 9.36 Å². The van der Waals surface area contributed by atoms with Crippen molar-refractivity contribution in [2.75, 3.05) is 12.4 Å². The van der Waals surface area contributed by atoms with Gasteiger partial charge in [-0.3, -0.25) is 0 Å². The molecule has 0 bridgehead atoms. The summed E-state index contributed by atoms with van der Waals surface area (Å²) in [5, 5.41) is 12.9. The number of alkyl halides is 3. The normalized spacial score (nSPS) is 11.5. The molecule has 1 N–H and O–H groups in total. The largest absolute Gasteiger partial charge is 0.497 e. The fourth-order valence-electron chi connectivity index (χ4n) is 2.22. The quantitative estimate of drug-likeness (QED) is 0.456. The Morgan fingerprint density at radius 2 is 2.00 bits per heavy atom. The maximum absolute atomic E-state index is 12.7. The highest BCUT2D eigenvalue weighted by atomic mass is 35.5. The minimum absolute atomic E-state index is 0.137. The maximum Gasteiger partial charge on any atom is 0.417 e. The summed E-state index contributed by atoms with van der Waals surface area (Å²) in [5.74, 6) is 0.732. The number of methoxy groups -OCH3 is 1. The van der Waals surface area contributed by atoms with Crippen molar-refractivity contribution in [3.8, 4) is 11.8 Å². The fraction of sp³-hybridized carbons (Fsp3) is 0.105. The first kappa shape index (κ1) is 22.0. The molecule has 2 heterocycles. The number of ether oxygens (including phenoxy) is 1. The highest BCUT2D eigenvalue weighted by Gasteiger charge is 2.31. The van der Waals surface area contributed by atoms with Crippen LogP contribution in [-0.4, -0.2) is 16.5 Å². The number of aromatic nitrogens is 2. The minimum atomic E-state index is -4.53. The topological polar surface area (TPSA) is 70.8 Å². The number of hydrogen-bond donors (Lipinski definition) is 1. The SMILES string of the molecule is COc1ccc(N/C=C/c2snc(Sc3ncc(C(F)(F)F)cc3Cl)c2C#N)cc1. The van der Waals surface area contributed by atoms with E-state index in [0.717, 1.165) is 40.8 Å². The summed E-state index contributed by atoms with van der Waals surface area (Å²) < 4.78 is 47.5. The third-order valence-electron chi connectivity index (χ3n) is 3.70. The third-order valence-corrected chi connectivity index (χ3v) is 6.04. The van der Waals surface area contributed by atoms with Crippen LogP contribution in [0.15, 0.2) is 52.8 Å². The lowest BCUT2D eigenvalue weighted by atomic mass is 10.3. The summed E-state index contributed by atoms with van der Waals surface area (Å²) in [6.45, 7) is 0. The van der Waals surface area contributed by atoms with Gasteiger partial charge in [0, 0.05) is 18.1 Å². The molecule has 154 valence electrons. The molecule has 0 unspecified atom stereocenters. The number of nitrogens with one attached hydrogen (secondary N) is 1. The molecule has 0 saturated heterocycles. The molecule has 0 aliphatic heterocycles. The molecule has 0 fully saturated rings. The second-order valence-electron chi connectivity index (χ2n) is 5.66. The van der Waals surface area contributed by atoms with Gasteiger partial charge in [0.2, 0.25) is 0 Å². The Balaban J connectivity index is 1.75. The lowest BCUT2D eigenvalue weighted by Crippen LogP contribution is -2.05. The zero-order chi connectivity index (χ0) is 21.7. The van der Waals surface area contributed by atoms with Crippen molar-refractivity contribution in [2.24, 2.45) is 0 Å². The van der Waals surface area contributed by atoms with E-state index in [1.807, 2.05) is 12.1 Å². The molecule has 0 atom stereocenters. The molecule has 0 amide bonds. The van der Waals surface area contributed by atoms with E-state index in [-0.39, 0.29) is 15.6 Å². The standard InChI is InChI=1S/C19H12ClF3N4OS2/c1-28-13-4-2-12(3-5-13)25-7-6-16-14(9-24)17(27-30-16)29-18-15(20)8-11(10-26-18)19(21,22)23/h2-8,10,25H,1H3/b7-6+. The van der Waals surface area contributed by atoms with Crippen molar-refractivity contribution in [3.05, 3.63) is 63.8 Å². The number of halogens is 4. The van der Waals surface area contributed by atoms with Crippen LogP contribution < -0.4 is 10.1 Å². The van der Waals surface area contributed by atoms with Crippen LogP contribution in [0.4, 0.5) is 18.9 Å². The molecule has 0 saturated carbocycles.